The van der Waals surface area contributed by atoms with Crippen LogP contribution in [0.15, 0.2) is 42.2 Å². The topological polar surface area (TPSA) is 0 Å². The van der Waals surface area contributed by atoms with Gasteiger partial charge in [-0.2, -0.15) is 12.1 Å². The van der Waals surface area contributed by atoms with Crippen LogP contribution in [-0.2, 0) is 26.2 Å². The molecule has 0 aliphatic heterocycles. The molecule has 1 atom stereocenters. The van der Waals surface area contributed by atoms with Crippen LogP contribution in [0.2, 0.25) is 0 Å². The molecular weight excluding hydrogens is 313 g/mol. The molecule has 0 spiro atoms. The van der Waals surface area contributed by atoms with E-state index in [0.717, 1.165) is 8.19 Å². The summed E-state index contributed by atoms with van der Waals surface area (Å²) in [5, 5.41) is 1.32. The maximum atomic E-state index is 3.22. The zero-order chi connectivity index (χ0) is 7.52. The van der Waals surface area contributed by atoms with Crippen molar-refractivity contribution in [3.8, 4) is 10.9 Å². The first kappa shape index (κ1) is 16.9. The van der Waals surface area contributed by atoms with Crippen molar-refractivity contribution in [1.82, 2.24) is 0 Å². The van der Waals surface area contributed by atoms with Crippen LogP contribution in [0, 0.1) is 6.07 Å². The van der Waals surface area contributed by atoms with Crippen LogP contribution in [-0.4, -0.2) is 0 Å². The van der Waals surface area contributed by atoms with Crippen molar-refractivity contribution in [2.24, 2.45) is 0 Å². The fraction of sp³-hybridized carbons (Fsp3) is 0. The molecule has 1 unspecified atom stereocenters. The minimum absolute atomic E-state index is 0. The molecule has 0 fully saturated rings. The average Bonchev–Trinajstić information content (AvgIpc) is 2.58. The minimum Gasteiger partial charge on any atom is -1.00 e. The van der Waals surface area contributed by atoms with Gasteiger partial charge in [-0.05, 0) is 0 Å². The molecule has 0 aliphatic carbocycles. The molecule has 0 saturated carbocycles. The smallest absolute Gasteiger partial charge is 1.00 e. The van der Waals surface area contributed by atoms with Gasteiger partial charge in [-0.15, -0.1) is 28.8 Å². The van der Waals surface area contributed by atoms with E-state index in [0.29, 0.717) is 0 Å². The normalized spacial score (nSPS) is 8.29. The Morgan fingerprint density at radius 2 is 1.64 bits per heavy atom. The molecule has 2 rings (SSSR count). The second kappa shape index (κ2) is 8.75. The first-order valence-corrected chi connectivity index (χ1v) is 4.65. The first-order valence-electron chi connectivity index (χ1n) is 3.57. The summed E-state index contributed by atoms with van der Waals surface area (Å²) in [6, 6.07) is 15.6. The first-order chi connectivity index (χ1) is 5.47. The van der Waals surface area contributed by atoms with Gasteiger partial charge in [0.25, 0.3) is 0 Å². The van der Waals surface area contributed by atoms with E-state index in [1.54, 1.807) is 0 Å². The van der Waals surface area contributed by atoms with Crippen molar-refractivity contribution in [3.05, 3.63) is 48.3 Å². The Labute approximate surface area is 118 Å². The fourth-order valence-corrected chi connectivity index (χ4v) is 1.90. The molecule has 0 saturated heterocycles. The molecular formula is C10H8Cl2PZr. The third kappa shape index (κ3) is 4.32. The molecule has 71 valence electrons. The predicted molar refractivity (Wildman–Crippen MR) is 50.2 cm³/mol. The van der Waals surface area contributed by atoms with E-state index >= 15 is 0 Å². The number of rotatable bonds is 1. The number of hydrogen-bond acceptors (Lipinski definition) is 0. The van der Waals surface area contributed by atoms with Crippen molar-refractivity contribution in [1.29, 1.82) is 0 Å². The van der Waals surface area contributed by atoms with E-state index in [9.17, 15) is 0 Å². The van der Waals surface area contributed by atoms with Gasteiger partial charge >= 0.3 is 26.2 Å². The van der Waals surface area contributed by atoms with Gasteiger partial charge in [0.1, 0.15) is 0 Å². The van der Waals surface area contributed by atoms with Crippen LogP contribution in [0.1, 0.15) is 0 Å². The molecule has 0 N–H and O–H groups in total. The van der Waals surface area contributed by atoms with E-state index in [4.69, 9.17) is 0 Å². The molecule has 1 aromatic heterocycles. The Bertz CT molecular complexity index is 321. The summed E-state index contributed by atoms with van der Waals surface area (Å²) in [4.78, 5) is 0. The van der Waals surface area contributed by atoms with E-state index in [-0.39, 0.29) is 51.0 Å². The SMILES string of the molecule is [Cl-].[Cl-].[Zr+3].[c-]1cc[pH]c1-c1ccccc1. The second-order valence-electron chi connectivity index (χ2n) is 2.36. The van der Waals surface area contributed by atoms with Gasteiger partial charge in [0, 0.05) is 0 Å². The van der Waals surface area contributed by atoms with E-state index in [2.05, 4.69) is 36.1 Å². The second-order valence-corrected chi connectivity index (χ2v) is 3.49. The monoisotopic (exact) mass is 319 g/mol. The summed E-state index contributed by atoms with van der Waals surface area (Å²) in [5.41, 5.74) is 1.30. The standard InChI is InChI=1S/C10H8P.2ClH.Zr/c1-2-5-9(6-3-1)10-7-4-8-11-10;;;/h1-6,8,11H;2*1H;/q-1;;;+3/p-2. The van der Waals surface area contributed by atoms with E-state index < -0.39 is 0 Å². The molecule has 4 heteroatoms. The molecule has 14 heavy (non-hydrogen) atoms. The molecule has 0 nitrogen and oxygen atoms in total. The van der Waals surface area contributed by atoms with Gasteiger partial charge in [0.2, 0.25) is 0 Å². The number of halogens is 2. The third-order valence-corrected chi connectivity index (χ3v) is 2.66. The Morgan fingerprint density at radius 3 is 2.14 bits per heavy atom. The maximum absolute atomic E-state index is 3.22. The van der Waals surface area contributed by atoms with Gasteiger partial charge in [-0.3, -0.25) is 0 Å². The van der Waals surface area contributed by atoms with Crippen LogP contribution in [0.4, 0.5) is 0 Å². The molecule has 1 heterocycles. The van der Waals surface area contributed by atoms with Crippen molar-refractivity contribution in [2.75, 3.05) is 0 Å². The van der Waals surface area contributed by atoms with Crippen LogP contribution in [0.5, 0.6) is 0 Å². The van der Waals surface area contributed by atoms with Crippen LogP contribution in [0.3, 0.4) is 0 Å². The summed E-state index contributed by atoms with van der Waals surface area (Å²) < 4.78 is 0. The molecule has 1 radical (unpaired) electrons. The van der Waals surface area contributed by atoms with Crippen molar-refractivity contribution in [2.45, 2.75) is 0 Å². The zero-order valence-electron chi connectivity index (χ0n) is 7.30. The Hall–Kier alpha value is 0.463. The van der Waals surface area contributed by atoms with Gasteiger partial charge in [-0.25, -0.2) is 8.19 Å². The third-order valence-electron chi connectivity index (χ3n) is 1.60. The summed E-state index contributed by atoms with van der Waals surface area (Å²) in [6.45, 7) is 0. The quantitative estimate of drug-likeness (QED) is 0.498. The van der Waals surface area contributed by atoms with Crippen molar-refractivity contribution < 1.29 is 51.0 Å². The number of benzene rings is 1. The van der Waals surface area contributed by atoms with E-state index in [1.165, 1.54) is 10.9 Å². The van der Waals surface area contributed by atoms with Gasteiger partial charge in [0.05, 0.1) is 0 Å². The summed E-state index contributed by atoms with van der Waals surface area (Å²) in [5.74, 6) is 2.16. The molecule has 1 aromatic carbocycles. The van der Waals surface area contributed by atoms with Gasteiger partial charge < -0.3 is 24.8 Å². The molecule has 0 bridgehead atoms. The number of hydrogen-bond donors (Lipinski definition) is 0. The molecule has 2 aromatic rings. The predicted octanol–water partition coefficient (Wildman–Crippen LogP) is -2.81. The average molecular weight is 321 g/mol. The molecule has 0 amide bonds. The Kier molecular flexibility index (Phi) is 10.5. The van der Waals surface area contributed by atoms with Gasteiger partial charge in [-0.1, -0.05) is 18.2 Å². The minimum atomic E-state index is 0. The maximum Gasteiger partial charge on any atom is 3.00 e. The summed E-state index contributed by atoms with van der Waals surface area (Å²) >= 11 is 0. The van der Waals surface area contributed by atoms with Crippen molar-refractivity contribution in [3.63, 3.8) is 0 Å². The van der Waals surface area contributed by atoms with Gasteiger partial charge in [0.15, 0.2) is 0 Å². The van der Waals surface area contributed by atoms with E-state index in [1.807, 2.05) is 12.1 Å². The fourth-order valence-electron chi connectivity index (χ4n) is 1.06. The Balaban J connectivity index is 0. The largest absolute Gasteiger partial charge is 3.00 e. The van der Waals surface area contributed by atoms with Crippen LogP contribution < -0.4 is 24.8 Å². The summed E-state index contributed by atoms with van der Waals surface area (Å²) in [7, 11) is 0.802. The zero-order valence-corrected chi connectivity index (χ0v) is 12.3. The summed E-state index contributed by atoms with van der Waals surface area (Å²) in [6.07, 6.45) is 0. The van der Waals surface area contributed by atoms with Crippen LogP contribution in [0.25, 0.3) is 10.9 Å². The Morgan fingerprint density at radius 1 is 1.00 bits per heavy atom. The van der Waals surface area contributed by atoms with Crippen molar-refractivity contribution >= 4 is 8.19 Å². The van der Waals surface area contributed by atoms with Crippen LogP contribution >= 0.6 is 8.19 Å². The molecule has 0 aliphatic rings.